The van der Waals surface area contributed by atoms with Crippen LogP contribution in [0.25, 0.3) is 0 Å². The average molecular weight is 649 g/mol. The highest BCUT2D eigenvalue weighted by Crippen LogP contribution is 2.45. The second kappa shape index (κ2) is 7.32. The van der Waals surface area contributed by atoms with Crippen molar-refractivity contribution in [3.8, 4) is 0 Å². The third-order valence-electron chi connectivity index (χ3n) is 2.26. The number of halogens is 10. The van der Waals surface area contributed by atoms with Gasteiger partial charge in [0.05, 0.1) is 0 Å². The predicted molar refractivity (Wildman–Crippen MR) is 85.7 cm³/mol. The van der Waals surface area contributed by atoms with Gasteiger partial charge in [-0.05, 0) is 79.6 Å². The zero-order valence-electron chi connectivity index (χ0n) is 9.80. The summed E-state index contributed by atoms with van der Waals surface area (Å²) in [5, 5.41) is 0. The van der Waals surface area contributed by atoms with Gasteiger partial charge < -0.3 is 4.74 Å². The van der Waals surface area contributed by atoms with Crippen LogP contribution in [0.5, 0.6) is 0 Å². The highest BCUT2D eigenvalue weighted by molar-refractivity contribution is 9.15. The standard InChI is InChI=1S/C10H2Br5F5O2/c11-3-2(4(12)6(14)7(15)5(3)13)1-22-8(21)9(16,17)10(18,19)20/h1H2. The SMILES string of the molecule is O=C(OCc1c(Br)c(Br)c(Br)c(Br)c1Br)C(F)(F)C(F)(F)F. The summed E-state index contributed by atoms with van der Waals surface area (Å²) in [7, 11) is 0. The highest BCUT2D eigenvalue weighted by atomic mass is 79.9. The third kappa shape index (κ3) is 4.04. The maximum atomic E-state index is 12.8. The summed E-state index contributed by atoms with van der Waals surface area (Å²) >= 11 is 15.8. The summed E-state index contributed by atoms with van der Waals surface area (Å²) in [6.45, 7) is -0.795. The molecule has 2 nitrogen and oxygen atoms in total. The fraction of sp³-hybridized carbons (Fsp3) is 0.300. The van der Waals surface area contributed by atoms with Crippen LogP contribution >= 0.6 is 79.6 Å². The smallest absolute Gasteiger partial charge is 0.456 e. The van der Waals surface area contributed by atoms with Crippen molar-refractivity contribution >= 4 is 85.6 Å². The van der Waals surface area contributed by atoms with Crippen LogP contribution < -0.4 is 0 Å². The molecule has 0 fully saturated rings. The first kappa shape index (κ1) is 20.8. The molecule has 0 saturated heterocycles. The molecule has 1 aromatic carbocycles. The van der Waals surface area contributed by atoms with Gasteiger partial charge in [-0.2, -0.15) is 22.0 Å². The van der Waals surface area contributed by atoms with Crippen molar-refractivity contribution in [2.75, 3.05) is 0 Å². The number of hydrogen-bond donors (Lipinski definition) is 0. The van der Waals surface area contributed by atoms with Crippen molar-refractivity contribution in [2.24, 2.45) is 0 Å². The molecular weight excluding hydrogens is 647 g/mol. The molecule has 0 aliphatic heterocycles. The molecular formula is C10H2Br5F5O2. The normalized spacial score (nSPS) is 12.5. The van der Waals surface area contributed by atoms with Gasteiger partial charge in [0.25, 0.3) is 0 Å². The Balaban J connectivity index is 3.07. The Morgan fingerprint density at radius 2 is 1.18 bits per heavy atom. The van der Waals surface area contributed by atoms with Crippen molar-refractivity contribution in [1.82, 2.24) is 0 Å². The van der Waals surface area contributed by atoms with Gasteiger partial charge in [-0.3, -0.25) is 0 Å². The molecule has 1 rings (SSSR count). The van der Waals surface area contributed by atoms with E-state index in [1.807, 2.05) is 0 Å². The van der Waals surface area contributed by atoms with Crippen LogP contribution in [0.1, 0.15) is 5.56 Å². The summed E-state index contributed by atoms with van der Waals surface area (Å²) in [4.78, 5) is 11.0. The molecule has 0 saturated carbocycles. The molecule has 12 heteroatoms. The van der Waals surface area contributed by atoms with Gasteiger partial charge in [-0.15, -0.1) is 0 Å². The lowest BCUT2D eigenvalue weighted by molar-refractivity contribution is -0.281. The molecule has 0 aliphatic carbocycles. The minimum absolute atomic E-state index is 0.160. The molecule has 0 radical (unpaired) electrons. The van der Waals surface area contributed by atoms with Gasteiger partial charge in [-0.25, -0.2) is 4.79 Å². The van der Waals surface area contributed by atoms with Crippen LogP contribution in [-0.4, -0.2) is 18.1 Å². The minimum Gasteiger partial charge on any atom is -0.456 e. The first-order valence-electron chi connectivity index (χ1n) is 4.94. The first-order chi connectivity index (χ1) is 9.82. The Labute approximate surface area is 162 Å². The average Bonchev–Trinajstić information content (AvgIpc) is 2.41. The number of carbonyl (C=O) groups is 1. The molecule has 0 unspecified atom stereocenters. The molecule has 0 amide bonds. The van der Waals surface area contributed by atoms with E-state index in [-0.39, 0.29) is 5.56 Å². The van der Waals surface area contributed by atoms with Gasteiger partial charge in [0, 0.05) is 27.9 Å². The summed E-state index contributed by atoms with van der Waals surface area (Å²) in [5.74, 6) is -8.25. The van der Waals surface area contributed by atoms with Crippen LogP contribution in [-0.2, 0) is 16.1 Å². The van der Waals surface area contributed by atoms with Crippen molar-refractivity contribution in [3.63, 3.8) is 0 Å². The van der Waals surface area contributed by atoms with Crippen molar-refractivity contribution in [2.45, 2.75) is 18.7 Å². The lowest BCUT2D eigenvalue weighted by atomic mass is 10.2. The Kier molecular flexibility index (Phi) is 6.92. The zero-order chi connectivity index (χ0) is 17.5. The summed E-state index contributed by atoms with van der Waals surface area (Å²) in [6.07, 6.45) is -6.01. The van der Waals surface area contributed by atoms with Gasteiger partial charge in [0.2, 0.25) is 0 Å². The minimum atomic E-state index is -6.01. The molecule has 0 spiro atoms. The Morgan fingerprint density at radius 3 is 1.55 bits per heavy atom. The fourth-order valence-electron chi connectivity index (χ4n) is 1.12. The predicted octanol–water partition coefficient (Wildman–Crippen LogP) is 6.74. The van der Waals surface area contributed by atoms with Gasteiger partial charge in [0.15, 0.2) is 0 Å². The third-order valence-corrected chi connectivity index (χ3v) is 8.52. The number of esters is 1. The molecule has 0 heterocycles. The number of rotatable bonds is 3. The maximum absolute atomic E-state index is 12.8. The van der Waals surface area contributed by atoms with Crippen molar-refractivity contribution in [1.29, 1.82) is 0 Å². The molecule has 124 valence electrons. The second-order valence-corrected chi connectivity index (χ2v) is 7.66. The van der Waals surface area contributed by atoms with Crippen LogP contribution in [0.3, 0.4) is 0 Å². The molecule has 0 atom stereocenters. The van der Waals surface area contributed by atoms with Crippen LogP contribution in [0.2, 0.25) is 0 Å². The zero-order valence-corrected chi connectivity index (χ0v) is 17.7. The number of hydrogen-bond acceptors (Lipinski definition) is 2. The van der Waals surface area contributed by atoms with Gasteiger partial charge in [0.1, 0.15) is 6.61 Å². The molecule has 0 bridgehead atoms. The van der Waals surface area contributed by atoms with Gasteiger partial charge >= 0.3 is 18.1 Å². The summed E-state index contributed by atoms with van der Waals surface area (Å²) in [5.41, 5.74) is 0.160. The highest BCUT2D eigenvalue weighted by Gasteiger charge is 2.64. The Morgan fingerprint density at radius 1 is 0.818 bits per heavy atom. The molecule has 0 N–H and O–H groups in total. The first-order valence-corrected chi connectivity index (χ1v) is 8.91. The van der Waals surface area contributed by atoms with E-state index < -0.39 is 24.7 Å². The van der Waals surface area contributed by atoms with E-state index in [9.17, 15) is 26.7 Å². The summed E-state index contributed by atoms with van der Waals surface area (Å²) in [6, 6.07) is 0. The van der Waals surface area contributed by atoms with E-state index in [4.69, 9.17) is 0 Å². The molecule has 0 aromatic heterocycles. The Bertz CT molecular complexity index is 588. The van der Waals surface area contributed by atoms with Crippen LogP contribution in [0.15, 0.2) is 22.4 Å². The summed E-state index contributed by atoms with van der Waals surface area (Å²) < 4.78 is 68.0. The number of alkyl halides is 5. The van der Waals surface area contributed by atoms with E-state index in [1.165, 1.54) is 0 Å². The molecule has 22 heavy (non-hydrogen) atoms. The second-order valence-electron chi connectivity index (χ2n) is 3.70. The number of carbonyl (C=O) groups excluding carboxylic acids is 1. The largest absolute Gasteiger partial charge is 0.465 e. The topological polar surface area (TPSA) is 26.3 Å². The lowest BCUT2D eigenvalue weighted by Gasteiger charge is -2.19. The quantitative estimate of drug-likeness (QED) is 0.157. The van der Waals surface area contributed by atoms with Gasteiger partial charge in [-0.1, -0.05) is 0 Å². The fourth-order valence-corrected chi connectivity index (χ4v) is 4.48. The number of benzene rings is 1. The van der Waals surface area contributed by atoms with Crippen molar-refractivity contribution in [3.05, 3.63) is 27.9 Å². The van der Waals surface area contributed by atoms with E-state index in [0.29, 0.717) is 22.4 Å². The monoisotopic (exact) mass is 644 g/mol. The Hall–Kier alpha value is 0.740. The maximum Gasteiger partial charge on any atom is 0.465 e. The van der Waals surface area contributed by atoms with E-state index in [1.54, 1.807) is 0 Å². The molecule has 0 aliphatic rings. The van der Waals surface area contributed by atoms with Crippen LogP contribution in [0.4, 0.5) is 22.0 Å². The van der Waals surface area contributed by atoms with E-state index >= 15 is 0 Å². The van der Waals surface area contributed by atoms with E-state index in [2.05, 4.69) is 84.4 Å². The van der Waals surface area contributed by atoms with E-state index in [0.717, 1.165) is 0 Å². The lowest BCUT2D eigenvalue weighted by Crippen LogP contribution is -2.45. The molecule has 1 aromatic rings. The van der Waals surface area contributed by atoms with Crippen LogP contribution in [0, 0.1) is 0 Å². The number of ether oxygens (including phenoxy) is 1. The van der Waals surface area contributed by atoms with Crippen molar-refractivity contribution < 1.29 is 31.5 Å².